The summed E-state index contributed by atoms with van der Waals surface area (Å²) in [5.74, 6) is 0. The molecule has 0 aromatic heterocycles. The normalized spacial score (nSPS) is 17.7. The summed E-state index contributed by atoms with van der Waals surface area (Å²) in [5, 5.41) is 4.72. The van der Waals surface area contributed by atoms with Gasteiger partial charge in [-0.25, -0.2) is 4.79 Å². The predicted octanol–water partition coefficient (Wildman–Crippen LogP) is 5.43. The van der Waals surface area contributed by atoms with Crippen molar-refractivity contribution in [2.45, 2.75) is 25.1 Å². The molecule has 1 aliphatic rings. The largest absolute Gasteiger partial charge is 0.328 e. The molecule has 4 nitrogen and oxygen atoms in total. The molecule has 0 bridgehead atoms. The van der Waals surface area contributed by atoms with E-state index in [0.717, 1.165) is 17.3 Å². The van der Waals surface area contributed by atoms with Gasteiger partial charge in [-0.1, -0.05) is 60.6 Å². The topological polar surface area (TPSA) is 44.7 Å². The number of halogens is 1. The Morgan fingerprint density at radius 2 is 1.92 bits per heavy atom. The van der Waals surface area contributed by atoms with E-state index in [1.54, 1.807) is 40.9 Å². The molecule has 6 heteroatoms. The third kappa shape index (κ3) is 4.35. The fourth-order valence-corrected chi connectivity index (χ4v) is 3.76. The monoisotopic (exact) mass is 373 g/mol. The lowest BCUT2D eigenvalue weighted by molar-refractivity contribution is 0.225. The van der Waals surface area contributed by atoms with Crippen LogP contribution in [0.4, 0.5) is 10.5 Å². The van der Waals surface area contributed by atoms with Gasteiger partial charge in [0.15, 0.2) is 5.17 Å². The Hall–Kier alpha value is -1.98. The zero-order valence-electron chi connectivity index (χ0n) is 14.1. The van der Waals surface area contributed by atoms with Crippen LogP contribution in [0.3, 0.4) is 0 Å². The van der Waals surface area contributed by atoms with Gasteiger partial charge in [0.05, 0.1) is 12.6 Å². The van der Waals surface area contributed by atoms with E-state index in [2.05, 4.69) is 17.2 Å². The lowest BCUT2D eigenvalue weighted by Gasteiger charge is -2.29. The quantitative estimate of drug-likeness (QED) is 0.779. The summed E-state index contributed by atoms with van der Waals surface area (Å²) in [6, 6.07) is 16.8. The van der Waals surface area contributed by atoms with E-state index < -0.39 is 0 Å². The van der Waals surface area contributed by atoms with Gasteiger partial charge in [0.25, 0.3) is 0 Å². The number of anilines is 1. The van der Waals surface area contributed by atoms with Gasteiger partial charge in [0.2, 0.25) is 0 Å². The highest BCUT2D eigenvalue weighted by Gasteiger charge is 2.30. The molecule has 0 radical (unpaired) electrons. The minimum absolute atomic E-state index is 0.120. The van der Waals surface area contributed by atoms with E-state index >= 15 is 0 Å². The second-order valence-corrected chi connectivity index (χ2v) is 7.79. The van der Waals surface area contributed by atoms with Crippen molar-refractivity contribution in [3.05, 3.63) is 65.2 Å². The number of urea groups is 1. The van der Waals surface area contributed by atoms with Crippen molar-refractivity contribution < 1.29 is 4.79 Å². The standard InChI is InChI=1S/C19H20ClN3OS/c1-13-12-21-19(25-13)23(14(2)15-6-4-3-5-7-15)18(24)22-17-10-8-16(20)9-11-17/h3-11,13-14H,12H2,1-2H3,(H,22,24)/t13-,14-/m1/s1. The molecule has 0 unspecified atom stereocenters. The average molecular weight is 374 g/mol. The van der Waals surface area contributed by atoms with E-state index in [0.29, 0.717) is 16.0 Å². The summed E-state index contributed by atoms with van der Waals surface area (Å²) in [4.78, 5) is 19.3. The van der Waals surface area contributed by atoms with Gasteiger partial charge in [-0.3, -0.25) is 9.89 Å². The minimum atomic E-state index is -0.195. The summed E-state index contributed by atoms with van der Waals surface area (Å²) in [5.41, 5.74) is 1.77. The van der Waals surface area contributed by atoms with Crippen molar-refractivity contribution in [3.8, 4) is 0 Å². The number of hydrogen-bond donors (Lipinski definition) is 1. The number of hydrogen-bond acceptors (Lipinski definition) is 3. The Morgan fingerprint density at radius 1 is 1.24 bits per heavy atom. The number of rotatable bonds is 3. The van der Waals surface area contributed by atoms with Crippen molar-refractivity contribution in [2.24, 2.45) is 4.99 Å². The number of nitrogens with zero attached hydrogens (tertiary/aromatic N) is 2. The maximum atomic E-state index is 13.0. The SMILES string of the molecule is C[C@@H]1CN=C(N(C(=O)Nc2ccc(Cl)cc2)[C@H](C)c2ccccc2)S1. The van der Waals surface area contributed by atoms with Gasteiger partial charge in [-0.05, 0) is 36.8 Å². The molecule has 0 spiro atoms. The van der Waals surface area contributed by atoms with Crippen molar-refractivity contribution in [1.82, 2.24) is 4.90 Å². The van der Waals surface area contributed by atoms with Crippen LogP contribution in [0.15, 0.2) is 59.6 Å². The number of aliphatic imine (C=N–C) groups is 1. The predicted molar refractivity (Wildman–Crippen MR) is 107 cm³/mol. The summed E-state index contributed by atoms with van der Waals surface area (Å²) >= 11 is 7.55. The van der Waals surface area contributed by atoms with E-state index in [9.17, 15) is 4.79 Å². The number of nitrogens with one attached hydrogen (secondary N) is 1. The zero-order chi connectivity index (χ0) is 17.8. The Balaban J connectivity index is 1.85. The van der Waals surface area contributed by atoms with E-state index in [4.69, 9.17) is 11.6 Å². The smallest absolute Gasteiger partial charge is 0.307 e. The summed E-state index contributed by atoms with van der Waals surface area (Å²) in [7, 11) is 0. The van der Waals surface area contributed by atoms with Crippen molar-refractivity contribution >= 4 is 40.2 Å². The molecule has 3 rings (SSSR count). The van der Waals surface area contributed by atoms with Gasteiger partial charge in [-0.2, -0.15) is 0 Å². The maximum Gasteiger partial charge on any atom is 0.328 e. The second-order valence-electron chi connectivity index (χ2n) is 5.95. The van der Waals surface area contributed by atoms with E-state index in [-0.39, 0.29) is 12.1 Å². The molecule has 0 fully saturated rings. The van der Waals surface area contributed by atoms with Crippen LogP contribution in [0.25, 0.3) is 0 Å². The Bertz CT molecular complexity index is 764. The van der Waals surface area contributed by atoms with Crippen molar-refractivity contribution in [1.29, 1.82) is 0 Å². The third-order valence-electron chi connectivity index (χ3n) is 3.98. The van der Waals surface area contributed by atoms with Crippen LogP contribution in [0.2, 0.25) is 5.02 Å². The van der Waals surface area contributed by atoms with Gasteiger partial charge < -0.3 is 5.32 Å². The number of amides is 2. The van der Waals surface area contributed by atoms with Gasteiger partial charge in [0, 0.05) is 16.0 Å². The minimum Gasteiger partial charge on any atom is -0.307 e. The van der Waals surface area contributed by atoms with Crippen molar-refractivity contribution in [3.63, 3.8) is 0 Å². The molecule has 0 saturated carbocycles. The molecular formula is C19H20ClN3OS. The highest BCUT2D eigenvalue weighted by Crippen LogP contribution is 2.30. The van der Waals surface area contributed by atoms with Crippen LogP contribution < -0.4 is 5.32 Å². The van der Waals surface area contributed by atoms with Crippen LogP contribution >= 0.6 is 23.4 Å². The van der Waals surface area contributed by atoms with Crippen molar-refractivity contribution in [2.75, 3.05) is 11.9 Å². The Morgan fingerprint density at radius 3 is 2.52 bits per heavy atom. The third-order valence-corrected chi connectivity index (χ3v) is 5.32. The van der Waals surface area contributed by atoms with Gasteiger partial charge >= 0.3 is 6.03 Å². The molecule has 0 aliphatic carbocycles. The second kappa shape index (κ2) is 7.93. The fraction of sp³-hybridized carbons (Fsp3) is 0.263. The first-order valence-corrected chi connectivity index (χ1v) is 9.42. The molecule has 25 heavy (non-hydrogen) atoms. The van der Waals surface area contributed by atoms with Crippen LogP contribution in [-0.4, -0.2) is 27.9 Å². The maximum absolute atomic E-state index is 13.0. The molecular weight excluding hydrogens is 354 g/mol. The highest BCUT2D eigenvalue weighted by molar-refractivity contribution is 8.14. The van der Waals surface area contributed by atoms with E-state index in [1.807, 2.05) is 37.3 Å². The number of benzene rings is 2. The number of carbonyl (C=O) groups is 1. The molecule has 2 atom stereocenters. The van der Waals surface area contributed by atoms with Gasteiger partial charge in [0.1, 0.15) is 0 Å². The lowest BCUT2D eigenvalue weighted by Crippen LogP contribution is -2.40. The molecule has 1 aliphatic heterocycles. The Labute approximate surface area is 157 Å². The summed E-state index contributed by atoms with van der Waals surface area (Å²) < 4.78 is 0. The van der Waals surface area contributed by atoms with E-state index in [1.165, 1.54) is 0 Å². The van der Waals surface area contributed by atoms with Gasteiger partial charge in [-0.15, -0.1) is 0 Å². The molecule has 0 saturated heterocycles. The van der Waals surface area contributed by atoms with Crippen LogP contribution in [0.5, 0.6) is 0 Å². The fourth-order valence-electron chi connectivity index (χ4n) is 2.62. The molecule has 1 heterocycles. The molecule has 2 amide bonds. The summed E-state index contributed by atoms with van der Waals surface area (Å²) in [6.45, 7) is 4.86. The zero-order valence-corrected chi connectivity index (χ0v) is 15.7. The average Bonchev–Trinajstić information content (AvgIpc) is 3.04. The molecule has 1 N–H and O–H groups in total. The first kappa shape index (κ1) is 17.8. The Kier molecular flexibility index (Phi) is 5.66. The highest BCUT2D eigenvalue weighted by atomic mass is 35.5. The molecule has 130 valence electrons. The van der Waals surface area contributed by atoms with Crippen LogP contribution in [0.1, 0.15) is 25.5 Å². The molecule has 2 aromatic carbocycles. The first-order valence-electron chi connectivity index (χ1n) is 8.16. The number of thioether (sulfide) groups is 1. The number of carbonyl (C=O) groups excluding carboxylic acids is 1. The van der Waals surface area contributed by atoms with Crippen LogP contribution in [-0.2, 0) is 0 Å². The van der Waals surface area contributed by atoms with Crippen LogP contribution in [0, 0.1) is 0 Å². The lowest BCUT2D eigenvalue weighted by atomic mass is 10.1. The molecule has 2 aromatic rings. The summed E-state index contributed by atoms with van der Waals surface area (Å²) in [6.07, 6.45) is 0. The number of amidine groups is 1. The first-order chi connectivity index (χ1) is 12.0.